The van der Waals surface area contributed by atoms with Gasteiger partial charge in [-0.2, -0.15) is 5.10 Å². The highest BCUT2D eigenvalue weighted by atomic mass is 79.9. The first kappa shape index (κ1) is 21.9. The maximum Gasteiger partial charge on any atom is 0.211 e. The SMILES string of the molecule is Cc1ccc(-c2csc(=Nc3ccc(Cl)cc3)n2/N=C/c2c[nH]c3ccc(Br)cc23)cc1C. The average molecular weight is 536 g/mol. The minimum atomic E-state index is 0.687. The van der Waals surface area contributed by atoms with Crippen LogP contribution in [0.25, 0.3) is 22.2 Å². The Kier molecular flexibility index (Phi) is 6.06. The molecule has 0 aliphatic heterocycles. The number of aromatic amines is 1. The maximum atomic E-state index is 6.05. The van der Waals surface area contributed by atoms with Crippen molar-refractivity contribution in [2.24, 2.45) is 10.1 Å². The molecule has 0 aliphatic rings. The van der Waals surface area contributed by atoms with Crippen LogP contribution in [0.15, 0.2) is 86.8 Å². The smallest absolute Gasteiger partial charge is 0.211 e. The molecular weight excluding hydrogens is 516 g/mol. The third-order valence-corrected chi connectivity index (χ3v) is 7.09. The topological polar surface area (TPSA) is 45.4 Å². The molecule has 1 N–H and O–H groups in total. The summed E-state index contributed by atoms with van der Waals surface area (Å²) in [6.45, 7) is 4.25. The van der Waals surface area contributed by atoms with Crippen LogP contribution in [0.1, 0.15) is 16.7 Å². The van der Waals surface area contributed by atoms with Crippen LogP contribution in [-0.2, 0) is 0 Å². The summed E-state index contributed by atoms with van der Waals surface area (Å²) in [7, 11) is 0. The van der Waals surface area contributed by atoms with Crippen LogP contribution in [0.4, 0.5) is 5.69 Å². The van der Waals surface area contributed by atoms with Crippen LogP contribution in [0.5, 0.6) is 0 Å². The Morgan fingerprint density at radius 1 is 1.00 bits per heavy atom. The van der Waals surface area contributed by atoms with Crippen LogP contribution < -0.4 is 4.80 Å². The van der Waals surface area contributed by atoms with E-state index in [1.807, 2.05) is 47.4 Å². The average Bonchev–Trinajstić information content (AvgIpc) is 3.39. The minimum Gasteiger partial charge on any atom is -0.361 e. The highest BCUT2D eigenvalue weighted by molar-refractivity contribution is 9.10. The van der Waals surface area contributed by atoms with Gasteiger partial charge in [-0.05, 0) is 73.5 Å². The number of rotatable bonds is 4. The molecule has 4 nitrogen and oxygen atoms in total. The Labute approximate surface area is 209 Å². The number of hydrogen-bond acceptors (Lipinski definition) is 3. The van der Waals surface area contributed by atoms with Crippen molar-refractivity contribution in [1.82, 2.24) is 9.66 Å². The number of H-pyrrole nitrogens is 1. The number of nitrogens with one attached hydrogen (secondary N) is 1. The van der Waals surface area contributed by atoms with Gasteiger partial charge >= 0.3 is 0 Å². The van der Waals surface area contributed by atoms with Gasteiger partial charge in [-0.25, -0.2) is 9.67 Å². The summed E-state index contributed by atoms with van der Waals surface area (Å²) < 4.78 is 2.93. The van der Waals surface area contributed by atoms with Gasteiger partial charge in [0.2, 0.25) is 4.80 Å². The molecule has 3 aromatic carbocycles. The minimum absolute atomic E-state index is 0.687. The molecule has 33 heavy (non-hydrogen) atoms. The molecule has 0 bridgehead atoms. The Morgan fingerprint density at radius 3 is 2.61 bits per heavy atom. The quantitative estimate of drug-likeness (QED) is 0.228. The summed E-state index contributed by atoms with van der Waals surface area (Å²) in [5.74, 6) is 0. The molecule has 0 spiro atoms. The van der Waals surface area contributed by atoms with Gasteiger partial charge in [-0.1, -0.05) is 39.7 Å². The number of thiazole rings is 1. The zero-order valence-corrected chi connectivity index (χ0v) is 21.2. The highest BCUT2D eigenvalue weighted by Gasteiger charge is 2.10. The fourth-order valence-electron chi connectivity index (χ4n) is 3.56. The molecule has 0 saturated carbocycles. The molecule has 5 aromatic rings. The summed E-state index contributed by atoms with van der Waals surface area (Å²) in [6.07, 6.45) is 3.85. The van der Waals surface area contributed by atoms with E-state index >= 15 is 0 Å². The maximum absolute atomic E-state index is 6.05. The molecule has 0 amide bonds. The first-order chi connectivity index (χ1) is 16.0. The van der Waals surface area contributed by atoms with Crippen LogP contribution in [0.3, 0.4) is 0 Å². The fourth-order valence-corrected chi connectivity index (χ4v) is 4.90. The zero-order valence-electron chi connectivity index (χ0n) is 18.0. The van der Waals surface area contributed by atoms with E-state index in [0.29, 0.717) is 5.02 Å². The van der Waals surface area contributed by atoms with Crippen molar-refractivity contribution in [3.05, 3.63) is 103 Å². The van der Waals surface area contributed by atoms with E-state index in [1.54, 1.807) is 11.3 Å². The Morgan fingerprint density at radius 2 is 1.82 bits per heavy atom. The van der Waals surface area contributed by atoms with E-state index in [1.165, 1.54) is 11.1 Å². The van der Waals surface area contributed by atoms with Crippen molar-refractivity contribution >= 4 is 61.7 Å². The molecule has 164 valence electrons. The van der Waals surface area contributed by atoms with Gasteiger partial charge in [0.25, 0.3) is 0 Å². The fraction of sp³-hybridized carbons (Fsp3) is 0.0769. The summed E-state index contributed by atoms with van der Waals surface area (Å²) in [5, 5.41) is 8.77. The van der Waals surface area contributed by atoms with E-state index in [0.717, 1.165) is 42.7 Å². The third kappa shape index (κ3) is 4.60. The highest BCUT2D eigenvalue weighted by Crippen LogP contribution is 2.25. The molecule has 7 heteroatoms. The number of benzene rings is 3. The molecule has 0 radical (unpaired) electrons. The van der Waals surface area contributed by atoms with Crippen LogP contribution >= 0.6 is 38.9 Å². The van der Waals surface area contributed by atoms with E-state index in [2.05, 4.69) is 70.5 Å². The zero-order chi connectivity index (χ0) is 22.9. The lowest BCUT2D eigenvalue weighted by molar-refractivity contribution is 0.854. The Balaban J connectivity index is 1.66. The van der Waals surface area contributed by atoms with Gasteiger partial charge in [-0.15, -0.1) is 11.3 Å². The van der Waals surface area contributed by atoms with Gasteiger partial charge in [0.05, 0.1) is 17.6 Å². The number of nitrogens with zero attached hydrogens (tertiary/aromatic N) is 3. The van der Waals surface area contributed by atoms with E-state index in [4.69, 9.17) is 21.7 Å². The third-order valence-electron chi connectivity index (χ3n) is 5.53. The number of halogens is 2. The largest absolute Gasteiger partial charge is 0.361 e. The van der Waals surface area contributed by atoms with Crippen molar-refractivity contribution in [3.63, 3.8) is 0 Å². The first-order valence-corrected chi connectivity index (χ1v) is 12.4. The number of hydrogen-bond donors (Lipinski definition) is 1. The normalized spacial score (nSPS) is 12.3. The molecule has 2 heterocycles. The Hall–Kier alpha value is -2.93. The lowest BCUT2D eigenvalue weighted by atomic mass is 10.1. The number of fused-ring (bicyclic) bond motifs is 1. The molecule has 0 aliphatic carbocycles. The monoisotopic (exact) mass is 534 g/mol. The van der Waals surface area contributed by atoms with Crippen molar-refractivity contribution < 1.29 is 0 Å². The van der Waals surface area contributed by atoms with Gasteiger partial charge in [0.1, 0.15) is 0 Å². The summed E-state index contributed by atoms with van der Waals surface area (Å²) in [4.78, 5) is 8.93. The summed E-state index contributed by atoms with van der Waals surface area (Å²) in [5.41, 5.74) is 7.50. The van der Waals surface area contributed by atoms with Crippen molar-refractivity contribution in [1.29, 1.82) is 0 Å². The van der Waals surface area contributed by atoms with Gasteiger partial charge in [0.15, 0.2) is 0 Å². The van der Waals surface area contributed by atoms with Gasteiger partial charge in [-0.3, -0.25) is 0 Å². The summed E-state index contributed by atoms with van der Waals surface area (Å²) >= 11 is 11.2. The van der Waals surface area contributed by atoms with Crippen LogP contribution in [-0.4, -0.2) is 15.9 Å². The number of aryl methyl sites for hydroxylation is 2. The van der Waals surface area contributed by atoms with E-state index in [9.17, 15) is 0 Å². The first-order valence-electron chi connectivity index (χ1n) is 10.4. The predicted molar refractivity (Wildman–Crippen MR) is 143 cm³/mol. The lowest BCUT2D eigenvalue weighted by Gasteiger charge is -2.06. The molecule has 2 aromatic heterocycles. The van der Waals surface area contributed by atoms with Crippen molar-refractivity contribution in [3.8, 4) is 11.3 Å². The second-order valence-electron chi connectivity index (χ2n) is 7.78. The number of aromatic nitrogens is 2. The van der Waals surface area contributed by atoms with E-state index in [-0.39, 0.29) is 0 Å². The standard InChI is InChI=1S/C26H20BrClN4S/c1-16-3-4-18(11-17(16)2)25-15-33-26(31-22-8-6-21(28)7-9-22)32(25)30-14-19-13-29-24-10-5-20(27)12-23(19)24/h3-15,29H,1-2H3/b30-14+,31-26?. The molecule has 0 saturated heterocycles. The van der Waals surface area contributed by atoms with Crippen LogP contribution in [0.2, 0.25) is 5.02 Å². The lowest BCUT2D eigenvalue weighted by Crippen LogP contribution is -2.11. The van der Waals surface area contributed by atoms with Gasteiger partial charge < -0.3 is 4.98 Å². The Bertz CT molecular complexity index is 1560. The van der Waals surface area contributed by atoms with Gasteiger partial charge in [0, 0.05) is 43.1 Å². The molecule has 0 unspecified atom stereocenters. The molecule has 0 atom stereocenters. The second kappa shape index (κ2) is 9.14. The summed E-state index contributed by atoms with van der Waals surface area (Å²) in [6, 6.07) is 20.1. The molecule has 5 rings (SSSR count). The van der Waals surface area contributed by atoms with Crippen LogP contribution in [0, 0.1) is 13.8 Å². The molecular formula is C26H20BrClN4S. The molecule has 0 fully saturated rings. The predicted octanol–water partition coefficient (Wildman–Crippen LogP) is 7.85. The second-order valence-corrected chi connectivity index (χ2v) is 9.97. The van der Waals surface area contributed by atoms with Crippen molar-refractivity contribution in [2.45, 2.75) is 13.8 Å². The van der Waals surface area contributed by atoms with Crippen molar-refractivity contribution in [2.75, 3.05) is 0 Å². The van der Waals surface area contributed by atoms with E-state index < -0.39 is 0 Å².